The van der Waals surface area contributed by atoms with Gasteiger partial charge in [-0.15, -0.1) is 0 Å². The van der Waals surface area contributed by atoms with Crippen molar-refractivity contribution in [2.75, 3.05) is 6.61 Å². The van der Waals surface area contributed by atoms with Crippen LogP contribution in [-0.4, -0.2) is 24.6 Å². The van der Waals surface area contributed by atoms with Crippen LogP contribution >= 0.6 is 23.2 Å². The molecule has 2 aromatic carbocycles. The third kappa shape index (κ3) is 6.94. The maximum Gasteiger partial charge on any atom is 0.338 e. The van der Waals surface area contributed by atoms with E-state index in [1.807, 2.05) is 0 Å². The quantitative estimate of drug-likeness (QED) is 0.409. The van der Waals surface area contributed by atoms with Crippen LogP contribution in [0.2, 0.25) is 10.0 Å². The predicted molar refractivity (Wildman–Crippen MR) is 115 cm³/mol. The summed E-state index contributed by atoms with van der Waals surface area (Å²) in [6, 6.07) is 11.3. The van der Waals surface area contributed by atoms with Gasteiger partial charge in [-0.1, -0.05) is 42.6 Å². The summed E-state index contributed by atoms with van der Waals surface area (Å²) in [5, 5.41) is 3.76. The Kier molecular flexibility index (Phi) is 8.80. The van der Waals surface area contributed by atoms with Crippen LogP contribution < -0.4 is 10.1 Å². The first kappa shape index (κ1) is 23.0. The van der Waals surface area contributed by atoms with Gasteiger partial charge in [0.2, 0.25) is 0 Å². The van der Waals surface area contributed by atoms with Crippen molar-refractivity contribution in [1.29, 1.82) is 0 Å². The first-order chi connectivity index (χ1) is 13.8. The Balaban J connectivity index is 1.90. The minimum absolute atomic E-state index is 0.348. The first-order valence-electron chi connectivity index (χ1n) is 9.51. The highest BCUT2D eigenvalue weighted by Crippen LogP contribution is 2.26. The number of unbranched alkanes of at least 4 members (excludes halogenated alkanes) is 1. The predicted octanol–water partition coefficient (Wildman–Crippen LogP) is 5.60. The van der Waals surface area contributed by atoms with Gasteiger partial charge in [0.25, 0.3) is 5.91 Å². The third-order valence-electron chi connectivity index (χ3n) is 4.30. The van der Waals surface area contributed by atoms with E-state index in [9.17, 15) is 9.59 Å². The molecular formula is C22H25Cl2NO4. The Labute approximate surface area is 181 Å². The lowest BCUT2D eigenvalue weighted by Crippen LogP contribution is -2.37. The molecule has 7 heteroatoms. The number of benzene rings is 2. The summed E-state index contributed by atoms with van der Waals surface area (Å²) >= 11 is 12.1. The fourth-order valence-corrected chi connectivity index (χ4v) is 3.14. The topological polar surface area (TPSA) is 64.6 Å². The van der Waals surface area contributed by atoms with Gasteiger partial charge in [0.05, 0.1) is 18.2 Å². The highest BCUT2D eigenvalue weighted by Gasteiger charge is 2.21. The van der Waals surface area contributed by atoms with Crippen LogP contribution in [-0.2, 0) is 9.53 Å². The number of amides is 1. The van der Waals surface area contributed by atoms with Gasteiger partial charge in [-0.25, -0.2) is 4.79 Å². The monoisotopic (exact) mass is 437 g/mol. The molecule has 1 amide bonds. The van der Waals surface area contributed by atoms with Crippen LogP contribution in [0.1, 0.15) is 55.6 Å². The van der Waals surface area contributed by atoms with Crippen LogP contribution in [0.4, 0.5) is 0 Å². The average molecular weight is 438 g/mol. The van der Waals surface area contributed by atoms with E-state index >= 15 is 0 Å². The van der Waals surface area contributed by atoms with Gasteiger partial charge in [-0.3, -0.25) is 4.79 Å². The SMILES string of the molecule is CCCCOc1ccc(C(=O)O[C@H](C)C(=O)N[C@@H](C)c2ccc(Cl)cc2Cl)cc1. The van der Waals surface area contributed by atoms with E-state index in [0.29, 0.717) is 28.0 Å². The molecule has 0 radical (unpaired) electrons. The van der Waals surface area contributed by atoms with E-state index in [1.54, 1.807) is 49.4 Å². The van der Waals surface area contributed by atoms with Crippen LogP contribution in [0.15, 0.2) is 42.5 Å². The van der Waals surface area contributed by atoms with Gasteiger partial charge in [-0.05, 0) is 62.2 Å². The van der Waals surface area contributed by atoms with Crippen molar-refractivity contribution < 1.29 is 19.1 Å². The van der Waals surface area contributed by atoms with E-state index in [2.05, 4.69) is 12.2 Å². The van der Waals surface area contributed by atoms with Gasteiger partial charge in [0.1, 0.15) is 5.75 Å². The summed E-state index contributed by atoms with van der Waals surface area (Å²) < 4.78 is 10.8. The fourth-order valence-electron chi connectivity index (χ4n) is 2.56. The molecule has 0 aliphatic heterocycles. The third-order valence-corrected chi connectivity index (χ3v) is 4.86. The Morgan fingerprint density at radius 3 is 2.38 bits per heavy atom. The molecule has 0 spiro atoms. The minimum Gasteiger partial charge on any atom is -0.494 e. The summed E-state index contributed by atoms with van der Waals surface area (Å²) in [4.78, 5) is 24.7. The molecule has 0 aliphatic rings. The lowest BCUT2D eigenvalue weighted by atomic mass is 10.1. The summed E-state index contributed by atoms with van der Waals surface area (Å²) in [6.45, 7) is 6.03. The average Bonchev–Trinajstić information content (AvgIpc) is 2.68. The summed E-state index contributed by atoms with van der Waals surface area (Å²) in [5.74, 6) is -0.309. The maximum absolute atomic E-state index is 12.4. The molecule has 0 unspecified atom stereocenters. The smallest absolute Gasteiger partial charge is 0.338 e. The number of hydrogen-bond donors (Lipinski definition) is 1. The molecule has 2 atom stereocenters. The molecule has 2 rings (SSSR count). The molecule has 29 heavy (non-hydrogen) atoms. The first-order valence-corrected chi connectivity index (χ1v) is 10.3. The standard InChI is InChI=1S/C22H25Cl2NO4/c1-4-5-12-28-18-9-6-16(7-10-18)22(27)29-15(3)21(26)25-14(2)19-11-8-17(23)13-20(19)24/h6-11,13-15H,4-5,12H2,1-3H3,(H,25,26)/t14-,15+/m0/s1. The van der Waals surface area contributed by atoms with Gasteiger partial charge in [0.15, 0.2) is 6.10 Å². The van der Waals surface area contributed by atoms with Crippen molar-refractivity contribution in [1.82, 2.24) is 5.32 Å². The Bertz CT molecular complexity index is 839. The van der Waals surface area contributed by atoms with E-state index in [4.69, 9.17) is 32.7 Å². The van der Waals surface area contributed by atoms with Gasteiger partial charge >= 0.3 is 5.97 Å². The highest BCUT2D eigenvalue weighted by atomic mass is 35.5. The van der Waals surface area contributed by atoms with Crippen molar-refractivity contribution in [3.63, 3.8) is 0 Å². The number of hydrogen-bond acceptors (Lipinski definition) is 4. The highest BCUT2D eigenvalue weighted by molar-refractivity contribution is 6.35. The molecule has 0 aliphatic carbocycles. The molecule has 0 fully saturated rings. The molecule has 1 N–H and O–H groups in total. The second kappa shape index (κ2) is 11.1. The lowest BCUT2D eigenvalue weighted by molar-refractivity contribution is -0.129. The van der Waals surface area contributed by atoms with E-state index in [0.717, 1.165) is 18.4 Å². The van der Waals surface area contributed by atoms with Crippen molar-refractivity contribution in [2.45, 2.75) is 45.8 Å². The minimum atomic E-state index is -0.962. The molecular weight excluding hydrogens is 413 g/mol. The number of ether oxygens (including phenoxy) is 2. The number of carbonyl (C=O) groups is 2. The Morgan fingerprint density at radius 2 is 1.76 bits per heavy atom. The van der Waals surface area contributed by atoms with Crippen molar-refractivity contribution >= 4 is 35.1 Å². The second-order valence-corrected chi connectivity index (χ2v) is 7.51. The van der Waals surface area contributed by atoms with Crippen LogP contribution in [0.5, 0.6) is 5.75 Å². The molecule has 2 aromatic rings. The van der Waals surface area contributed by atoms with Crippen molar-refractivity contribution in [3.8, 4) is 5.75 Å². The van der Waals surface area contributed by atoms with Gasteiger partial charge in [-0.2, -0.15) is 0 Å². The summed E-state index contributed by atoms with van der Waals surface area (Å²) in [7, 11) is 0. The number of halogens is 2. The van der Waals surface area contributed by atoms with Crippen LogP contribution in [0, 0.1) is 0 Å². The molecule has 156 valence electrons. The number of nitrogens with one attached hydrogen (secondary N) is 1. The van der Waals surface area contributed by atoms with E-state index in [-0.39, 0.29) is 6.04 Å². The van der Waals surface area contributed by atoms with Crippen molar-refractivity contribution in [2.24, 2.45) is 0 Å². The van der Waals surface area contributed by atoms with Gasteiger partial charge < -0.3 is 14.8 Å². The largest absolute Gasteiger partial charge is 0.494 e. The van der Waals surface area contributed by atoms with Crippen molar-refractivity contribution in [3.05, 3.63) is 63.6 Å². The number of carbonyl (C=O) groups excluding carboxylic acids is 2. The van der Waals surface area contributed by atoms with Gasteiger partial charge in [0, 0.05) is 10.0 Å². The normalized spacial score (nSPS) is 12.7. The summed E-state index contributed by atoms with van der Waals surface area (Å²) in [6.07, 6.45) is 1.06. The fraction of sp³-hybridized carbons (Fsp3) is 0.364. The zero-order valence-electron chi connectivity index (χ0n) is 16.7. The molecule has 0 heterocycles. The molecule has 5 nitrogen and oxygen atoms in total. The second-order valence-electron chi connectivity index (χ2n) is 6.67. The molecule has 0 saturated carbocycles. The zero-order valence-corrected chi connectivity index (χ0v) is 18.2. The number of esters is 1. The molecule has 0 aromatic heterocycles. The maximum atomic E-state index is 12.4. The Morgan fingerprint density at radius 1 is 1.07 bits per heavy atom. The van der Waals surface area contributed by atoms with Crippen LogP contribution in [0.25, 0.3) is 0 Å². The number of rotatable bonds is 9. The summed E-state index contributed by atoms with van der Waals surface area (Å²) in [5.41, 5.74) is 1.07. The molecule has 0 bridgehead atoms. The van der Waals surface area contributed by atoms with E-state index < -0.39 is 18.0 Å². The van der Waals surface area contributed by atoms with Crippen LogP contribution in [0.3, 0.4) is 0 Å². The zero-order chi connectivity index (χ0) is 21.4. The Hall–Kier alpha value is -2.24. The lowest BCUT2D eigenvalue weighted by Gasteiger charge is -2.19. The molecule has 0 saturated heterocycles. The van der Waals surface area contributed by atoms with E-state index in [1.165, 1.54) is 6.92 Å².